The van der Waals surface area contributed by atoms with Crippen LogP contribution in [0.25, 0.3) is 0 Å². The number of rotatable bonds is 4. The number of piperidine rings is 1. The van der Waals surface area contributed by atoms with E-state index in [1.807, 2.05) is 6.92 Å². The largest absolute Gasteiger partial charge is 0.328 e. The van der Waals surface area contributed by atoms with E-state index in [1.54, 1.807) is 12.1 Å². The Morgan fingerprint density at radius 2 is 2.35 bits per heavy atom. The van der Waals surface area contributed by atoms with E-state index in [1.165, 1.54) is 6.07 Å². The monoisotopic (exact) mass is 297 g/mol. The van der Waals surface area contributed by atoms with Gasteiger partial charge in [-0.25, -0.2) is 0 Å². The van der Waals surface area contributed by atoms with Crippen molar-refractivity contribution >= 4 is 17.3 Å². The van der Waals surface area contributed by atoms with Gasteiger partial charge in [-0.05, 0) is 38.3 Å². The first-order valence-corrected chi connectivity index (χ1v) is 7.26. The van der Waals surface area contributed by atoms with E-state index >= 15 is 0 Å². The first-order valence-electron chi connectivity index (χ1n) is 6.88. The van der Waals surface area contributed by atoms with E-state index in [9.17, 15) is 10.1 Å². The zero-order valence-electron chi connectivity index (χ0n) is 11.6. The van der Waals surface area contributed by atoms with E-state index in [0.717, 1.165) is 25.9 Å². The number of benzene rings is 1. The minimum atomic E-state index is -0.367. The molecule has 5 nitrogen and oxygen atoms in total. The van der Waals surface area contributed by atoms with E-state index in [0.29, 0.717) is 23.0 Å². The van der Waals surface area contributed by atoms with Gasteiger partial charge < -0.3 is 5.73 Å². The van der Waals surface area contributed by atoms with Crippen molar-refractivity contribution in [2.24, 2.45) is 11.7 Å². The van der Waals surface area contributed by atoms with Gasteiger partial charge in [-0.1, -0.05) is 17.7 Å². The van der Waals surface area contributed by atoms with Gasteiger partial charge in [0.05, 0.1) is 15.5 Å². The lowest BCUT2D eigenvalue weighted by atomic mass is 9.92. The normalized spacial score (nSPS) is 21.6. The van der Waals surface area contributed by atoms with Crippen molar-refractivity contribution in [1.29, 1.82) is 0 Å². The van der Waals surface area contributed by atoms with Gasteiger partial charge in [-0.2, -0.15) is 0 Å². The maximum Gasteiger partial charge on any atom is 0.275 e. The molecule has 2 N–H and O–H groups in total. The van der Waals surface area contributed by atoms with E-state index < -0.39 is 0 Å². The highest BCUT2D eigenvalue weighted by Gasteiger charge is 2.25. The van der Waals surface area contributed by atoms with Crippen LogP contribution in [0, 0.1) is 16.0 Å². The Balaban J connectivity index is 2.15. The third-order valence-electron chi connectivity index (χ3n) is 3.96. The number of nitro benzene ring substituents is 1. The summed E-state index contributed by atoms with van der Waals surface area (Å²) in [6.07, 6.45) is 2.20. The second-order valence-corrected chi connectivity index (χ2v) is 5.90. The van der Waals surface area contributed by atoms with Crippen LogP contribution in [-0.4, -0.2) is 29.0 Å². The standard InChI is InChI=1S/C14H20ClN3O2/c1-10(16)11-4-3-7-17(8-11)9-12-13(15)5-2-6-14(12)18(19)20/h2,5-6,10-11H,3-4,7-9,16H2,1H3. The molecule has 0 saturated carbocycles. The summed E-state index contributed by atoms with van der Waals surface area (Å²) in [5, 5.41) is 11.6. The maximum atomic E-state index is 11.1. The van der Waals surface area contributed by atoms with Crippen LogP contribution >= 0.6 is 11.6 Å². The van der Waals surface area contributed by atoms with Crippen LogP contribution in [0.4, 0.5) is 5.69 Å². The summed E-state index contributed by atoms with van der Waals surface area (Å²) in [5.74, 6) is 0.449. The molecule has 0 aliphatic carbocycles. The van der Waals surface area contributed by atoms with Gasteiger partial charge in [0.2, 0.25) is 0 Å². The Bertz CT molecular complexity index is 493. The van der Waals surface area contributed by atoms with Gasteiger partial charge in [-0.3, -0.25) is 15.0 Å². The molecule has 20 heavy (non-hydrogen) atoms. The average Bonchev–Trinajstić information content (AvgIpc) is 2.41. The molecule has 6 heteroatoms. The fourth-order valence-corrected chi connectivity index (χ4v) is 2.99. The van der Waals surface area contributed by atoms with Crippen molar-refractivity contribution < 1.29 is 4.92 Å². The number of nitro groups is 1. The number of nitrogens with zero attached hydrogens (tertiary/aromatic N) is 2. The molecule has 1 fully saturated rings. The lowest BCUT2D eigenvalue weighted by Gasteiger charge is -2.34. The Hall–Kier alpha value is -1.17. The lowest BCUT2D eigenvalue weighted by Crippen LogP contribution is -2.42. The van der Waals surface area contributed by atoms with E-state index in [-0.39, 0.29) is 16.7 Å². The molecule has 1 aliphatic rings. The summed E-state index contributed by atoms with van der Waals surface area (Å²) in [6.45, 7) is 4.34. The lowest BCUT2D eigenvalue weighted by molar-refractivity contribution is -0.385. The van der Waals surface area contributed by atoms with E-state index in [2.05, 4.69) is 4.90 Å². The molecule has 2 rings (SSSR count). The molecule has 1 aliphatic heterocycles. The van der Waals surface area contributed by atoms with Gasteiger partial charge in [0.15, 0.2) is 0 Å². The Morgan fingerprint density at radius 1 is 1.60 bits per heavy atom. The van der Waals surface area contributed by atoms with Crippen molar-refractivity contribution in [1.82, 2.24) is 4.90 Å². The summed E-state index contributed by atoms with van der Waals surface area (Å²) < 4.78 is 0. The first-order chi connectivity index (χ1) is 9.49. The first kappa shape index (κ1) is 15.2. The molecule has 0 radical (unpaired) electrons. The molecule has 1 aromatic rings. The molecule has 1 aromatic carbocycles. The van der Waals surface area contributed by atoms with Crippen molar-refractivity contribution in [3.8, 4) is 0 Å². The van der Waals surface area contributed by atoms with Crippen LogP contribution in [-0.2, 0) is 6.54 Å². The molecule has 0 amide bonds. The number of nitrogens with two attached hydrogens (primary N) is 1. The third-order valence-corrected chi connectivity index (χ3v) is 4.31. The molecule has 1 heterocycles. The van der Waals surface area contributed by atoms with Crippen LogP contribution in [0.2, 0.25) is 5.02 Å². The summed E-state index contributed by atoms with van der Waals surface area (Å²) in [7, 11) is 0. The SMILES string of the molecule is CC(N)C1CCCN(Cc2c(Cl)cccc2[N+](=O)[O-])C1. The third kappa shape index (κ3) is 3.48. The fraction of sp³-hybridized carbons (Fsp3) is 0.571. The number of hydrogen-bond acceptors (Lipinski definition) is 4. The Kier molecular flexibility index (Phi) is 4.96. The number of hydrogen-bond donors (Lipinski definition) is 1. The Morgan fingerprint density at radius 3 is 3.00 bits per heavy atom. The number of likely N-dealkylation sites (tertiary alicyclic amines) is 1. The maximum absolute atomic E-state index is 11.1. The quantitative estimate of drug-likeness (QED) is 0.685. The molecule has 0 bridgehead atoms. The van der Waals surface area contributed by atoms with Crippen LogP contribution < -0.4 is 5.73 Å². The molecule has 2 unspecified atom stereocenters. The molecule has 1 saturated heterocycles. The van der Waals surface area contributed by atoms with Crippen LogP contribution in [0.1, 0.15) is 25.3 Å². The second-order valence-electron chi connectivity index (χ2n) is 5.49. The van der Waals surface area contributed by atoms with Crippen LogP contribution in [0.15, 0.2) is 18.2 Å². The molecular formula is C14H20ClN3O2. The van der Waals surface area contributed by atoms with Crippen LogP contribution in [0.3, 0.4) is 0 Å². The molecule has 0 aromatic heterocycles. The number of halogens is 1. The summed E-state index contributed by atoms with van der Waals surface area (Å²) in [5.41, 5.74) is 6.67. The van der Waals surface area contributed by atoms with Gasteiger partial charge >= 0.3 is 0 Å². The summed E-state index contributed by atoms with van der Waals surface area (Å²) in [6, 6.07) is 4.98. The van der Waals surface area contributed by atoms with Crippen molar-refractivity contribution in [3.05, 3.63) is 38.9 Å². The highest BCUT2D eigenvalue weighted by molar-refractivity contribution is 6.31. The zero-order valence-corrected chi connectivity index (χ0v) is 12.3. The van der Waals surface area contributed by atoms with E-state index in [4.69, 9.17) is 17.3 Å². The van der Waals surface area contributed by atoms with Crippen molar-refractivity contribution in [2.75, 3.05) is 13.1 Å². The van der Waals surface area contributed by atoms with Gasteiger partial charge in [0.1, 0.15) is 0 Å². The average molecular weight is 298 g/mol. The van der Waals surface area contributed by atoms with Gasteiger partial charge in [0.25, 0.3) is 5.69 Å². The molecule has 2 atom stereocenters. The summed E-state index contributed by atoms with van der Waals surface area (Å²) in [4.78, 5) is 12.9. The topological polar surface area (TPSA) is 72.4 Å². The fourth-order valence-electron chi connectivity index (χ4n) is 2.76. The van der Waals surface area contributed by atoms with Crippen molar-refractivity contribution in [2.45, 2.75) is 32.4 Å². The molecular weight excluding hydrogens is 278 g/mol. The van der Waals surface area contributed by atoms with Gasteiger partial charge in [-0.15, -0.1) is 0 Å². The smallest absolute Gasteiger partial charge is 0.275 e. The molecule has 0 spiro atoms. The second kappa shape index (κ2) is 6.52. The minimum absolute atomic E-state index is 0.0976. The zero-order chi connectivity index (χ0) is 14.7. The predicted molar refractivity (Wildman–Crippen MR) is 79.8 cm³/mol. The molecule has 110 valence electrons. The Labute approximate surface area is 123 Å². The van der Waals surface area contributed by atoms with Crippen molar-refractivity contribution in [3.63, 3.8) is 0 Å². The highest BCUT2D eigenvalue weighted by atomic mass is 35.5. The predicted octanol–water partition coefficient (Wildman–Crippen LogP) is 2.81. The van der Waals surface area contributed by atoms with Crippen LogP contribution in [0.5, 0.6) is 0 Å². The van der Waals surface area contributed by atoms with Gasteiger partial charge in [0, 0.05) is 25.2 Å². The summed E-state index contributed by atoms with van der Waals surface area (Å²) >= 11 is 6.14. The highest BCUT2D eigenvalue weighted by Crippen LogP contribution is 2.29. The minimum Gasteiger partial charge on any atom is -0.328 e.